The Hall–Kier alpha value is -3.34. The number of nitrogens with one attached hydrogen (secondary N) is 2. The summed E-state index contributed by atoms with van der Waals surface area (Å²) in [6.45, 7) is 0.0388. The average molecular weight is 319 g/mol. The maximum atomic E-state index is 12.1. The van der Waals surface area contributed by atoms with Crippen LogP contribution in [0.1, 0.15) is 10.4 Å². The normalized spacial score (nSPS) is 10.3. The zero-order valence-electron chi connectivity index (χ0n) is 13.0. The highest BCUT2D eigenvalue weighted by Crippen LogP contribution is 2.19. The van der Waals surface area contributed by atoms with Crippen molar-refractivity contribution >= 4 is 34.0 Å². The average Bonchev–Trinajstić information content (AvgIpc) is 2.60. The summed E-state index contributed by atoms with van der Waals surface area (Å²) in [5, 5.41) is 7.95. The highest BCUT2D eigenvalue weighted by atomic mass is 16.2. The Balaban J connectivity index is 1.66. The molecule has 0 unspecified atom stereocenters. The molecule has 24 heavy (non-hydrogen) atoms. The zero-order valence-corrected chi connectivity index (χ0v) is 13.0. The number of anilines is 2. The van der Waals surface area contributed by atoms with Crippen LogP contribution >= 0.6 is 0 Å². The molecule has 0 saturated carbocycles. The fraction of sp³-hybridized carbons (Fsp3) is 0.0526. The number of nitrogens with two attached hydrogens (primary N) is 1. The molecule has 120 valence electrons. The largest absolute Gasteiger partial charge is 0.376 e. The molecule has 0 aromatic heterocycles. The third-order valence-electron chi connectivity index (χ3n) is 3.67. The molecule has 0 saturated heterocycles. The zero-order chi connectivity index (χ0) is 16.9. The summed E-state index contributed by atoms with van der Waals surface area (Å²) in [4.78, 5) is 23.5. The summed E-state index contributed by atoms with van der Waals surface area (Å²) in [7, 11) is 0. The Morgan fingerprint density at radius 3 is 2.38 bits per heavy atom. The van der Waals surface area contributed by atoms with Crippen molar-refractivity contribution in [3.8, 4) is 0 Å². The second kappa shape index (κ2) is 6.83. The SMILES string of the molecule is NC(=O)c1ccccc1NCC(=O)Nc1ccc2ccccc2c1. The van der Waals surface area contributed by atoms with Gasteiger partial charge in [-0.2, -0.15) is 0 Å². The Morgan fingerprint density at radius 2 is 1.58 bits per heavy atom. The minimum atomic E-state index is -0.534. The van der Waals surface area contributed by atoms with Crippen LogP contribution in [0.25, 0.3) is 10.8 Å². The fourth-order valence-electron chi connectivity index (χ4n) is 2.50. The van der Waals surface area contributed by atoms with E-state index in [4.69, 9.17) is 5.73 Å². The van der Waals surface area contributed by atoms with Crippen molar-refractivity contribution in [2.24, 2.45) is 5.73 Å². The minimum Gasteiger partial charge on any atom is -0.376 e. The number of hydrogen-bond donors (Lipinski definition) is 3. The van der Waals surface area contributed by atoms with Crippen LogP contribution in [0.5, 0.6) is 0 Å². The number of rotatable bonds is 5. The number of benzene rings is 3. The van der Waals surface area contributed by atoms with E-state index in [0.717, 1.165) is 16.5 Å². The van der Waals surface area contributed by atoms with Crippen molar-refractivity contribution in [2.45, 2.75) is 0 Å². The van der Waals surface area contributed by atoms with Gasteiger partial charge in [-0.15, -0.1) is 0 Å². The lowest BCUT2D eigenvalue weighted by atomic mass is 10.1. The number of primary amides is 1. The number of para-hydroxylation sites is 1. The Kier molecular flexibility index (Phi) is 4.43. The molecule has 2 amide bonds. The number of fused-ring (bicyclic) bond motifs is 1. The smallest absolute Gasteiger partial charge is 0.250 e. The van der Waals surface area contributed by atoms with Gasteiger partial charge in [0.2, 0.25) is 5.91 Å². The van der Waals surface area contributed by atoms with Crippen LogP contribution in [-0.4, -0.2) is 18.4 Å². The van der Waals surface area contributed by atoms with Crippen LogP contribution < -0.4 is 16.4 Å². The summed E-state index contributed by atoms with van der Waals surface area (Å²) in [6.07, 6.45) is 0. The number of amides is 2. The van der Waals surface area contributed by atoms with E-state index in [1.54, 1.807) is 24.3 Å². The maximum absolute atomic E-state index is 12.1. The molecular formula is C19H17N3O2. The van der Waals surface area contributed by atoms with Crippen LogP contribution in [0, 0.1) is 0 Å². The first kappa shape index (κ1) is 15.6. The molecule has 3 aromatic carbocycles. The molecule has 0 radical (unpaired) electrons. The first-order valence-electron chi connectivity index (χ1n) is 7.55. The van der Waals surface area contributed by atoms with Crippen molar-refractivity contribution in [1.29, 1.82) is 0 Å². The van der Waals surface area contributed by atoms with Gasteiger partial charge in [-0.1, -0.05) is 42.5 Å². The first-order valence-corrected chi connectivity index (χ1v) is 7.55. The van der Waals surface area contributed by atoms with Crippen molar-refractivity contribution in [1.82, 2.24) is 0 Å². The summed E-state index contributed by atoms with van der Waals surface area (Å²) >= 11 is 0. The first-order chi connectivity index (χ1) is 11.6. The second-order valence-electron chi connectivity index (χ2n) is 5.37. The molecule has 0 aliphatic heterocycles. The van der Waals surface area contributed by atoms with E-state index in [1.807, 2.05) is 42.5 Å². The molecule has 0 fully saturated rings. The summed E-state index contributed by atoms with van der Waals surface area (Å²) in [5.74, 6) is -0.738. The van der Waals surface area contributed by atoms with Gasteiger partial charge in [0.15, 0.2) is 0 Å². The lowest BCUT2D eigenvalue weighted by Gasteiger charge is -2.10. The third-order valence-corrected chi connectivity index (χ3v) is 3.67. The van der Waals surface area contributed by atoms with E-state index in [-0.39, 0.29) is 12.5 Å². The minimum absolute atomic E-state index is 0.0388. The fourth-order valence-corrected chi connectivity index (χ4v) is 2.50. The highest BCUT2D eigenvalue weighted by molar-refractivity contribution is 6.00. The van der Waals surface area contributed by atoms with E-state index in [1.165, 1.54) is 0 Å². The van der Waals surface area contributed by atoms with Gasteiger partial charge in [0.05, 0.1) is 12.1 Å². The second-order valence-corrected chi connectivity index (χ2v) is 5.37. The molecule has 0 spiro atoms. The van der Waals surface area contributed by atoms with Crippen molar-refractivity contribution in [2.75, 3.05) is 17.2 Å². The quantitative estimate of drug-likeness (QED) is 0.676. The van der Waals surface area contributed by atoms with Gasteiger partial charge in [-0.25, -0.2) is 0 Å². The van der Waals surface area contributed by atoms with Gasteiger partial charge in [0.25, 0.3) is 5.91 Å². The van der Waals surface area contributed by atoms with E-state index in [0.29, 0.717) is 11.3 Å². The van der Waals surface area contributed by atoms with E-state index < -0.39 is 5.91 Å². The van der Waals surface area contributed by atoms with Gasteiger partial charge in [0, 0.05) is 11.4 Å². The molecule has 3 aromatic rings. The lowest BCUT2D eigenvalue weighted by Crippen LogP contribution is -2.23. The molecular weight excluding hydrogens is 302 g/mol. The molecule has 0 heterocycles. The van der Waals surface area contributed by atoms with E-state index >= 15 is 0 Å². The van der Waals surface area contributed by atoms with Gasteiger partial charge in [-0.05, 0) is 35.0 Å². The van der Waals surface area contributed by atoms with Crippen LogP contribution in [0.3, 0.4) is 0 Å². The van der Waals surface area contributed by atoms with Crippen molar-refractivity contribution in [3.63, 3.8) is 0 Å². The number of carbonyl (C=O) groups excluding carboxylic acids is 2. The Morgan fingerprint density at radius 1 is 0.875 bits per heavy atom. The molecule has 0 aliphatic carbocycles. The van der Waals surface area contributed by atoms with Crippen LogP contribution in [-0.2, 0) is 4.79 Å². The van der Waals surface area contributed by atoms with E-state index in [9.17, 15) is 9.59 Å². The summed E-state index contributed by atoms with van der Waals surface area (Å²) in [5.41, 5.74) is 6.94. The monoisotopic (exact) mass is 319 g/mol. The predicted octanol–water partition coefficient (Wildman–Crippen LogP) is 2.99. The topological polar surface area (TPSA) is 84.2 Å². The van der Waals surface area contributed by atoms with Gasteiger partial charge in [0.1, 0.15) is 0 Å². The molecule has 5 heteroatoms. The molecule has 5 nitrogen and oxygen atoms in total. The van der Waals surface area contributed by atoms with Crippen molar-refractivity contribution < 1.29 is 9.59 Å². The Labute approximate surface area is 139 Å². The van der Waals surface area contributed by atoms with Crippen LogP contribution in [0.2, 0.25) is 0 Å². The summed E-state index contributed by atoms with van der Waals surface area (Å²) in [6, 6.07) is 20.5. The van der Waals surface area contributed by atoms with Gasteiger partial charge >= 0.3 is 0 Å². The lowest BCUT2D eigenvalue weighted by molar-refractivity contribution is -0.114. The third kappa shape index (κ3) is 3.52. The molecule has 0 aliphatic rings. The summed E-state index contributed by atoms with van der Waals surface area (Å²) < 4.78 is 0. The van der Waals surface area contributed by atoms with Crippen LogP contribution in [0.15, 0.2) is 66.7 Å². The maximum Gasteiger partial charge on any atom is 0.250 e. The molecule has 0 bridgehead atoms. The molecule has 0 atom stereocenters. The van der Waals surface area contributed by atoms with E-state index in [2.05, 4.69) is 10.6 Å². The highest BCUT2D eigenvalue weighted by Gasteiger charge is 2.08. The standard InChI is InChI=1S/C19H17N3O2/c20-19(24)16-7-3-4-8-17(16)21-12-18(23)22-15-10-9-13-5-1-2-6-14(13)11-15/h1-11,21H,12H2,(H2,20,24)(H,22,23). The number of hydrogen-bond acceptors (Lipinski definition) is 3. The predicted molar refractivity (Wildman–Crippen MR) is 96.0 cm³/mol. The molecule has 3 rings (SSSR count). The van der Waals surface area contributed by atoms with Crippen LogP contribution in [0.4, 0.5) is 11.4 Å². The molecule has 4 N–H and O–H groups in total. The van der Waals surface area contributed by atoms with Gasteiger partial charge < -0.3 is 16.4 Å². The van der Waals surface area contributed by atoms with Gasteiger partial charge in [-0.3, -0.25) is 9.59 Å². The van der Waals surface area contributed by atoms with Crippen molar-refractivity contribution in [3.05, 3.63) is 72.3 Å². The number of carbonyl (C=O) groups is 2. The Bertz CT molecular complexity index is 906.